The highest BCUT2D eigenvalue weighted by atomic mass is 35.5. The van der Waals surface area contributed by atoms with Crippen LogP contribution in [0.25, 0.3) is 0 Å². The molecule has 116 valence electrons. The van der Waals surface area contributed by atoms with Crippen molar-refractivity contribution in [2.24, 2.45) is 0 Å². The molecule has 1 N–H and O–H groups in total. The highest BCUT2D eigenvalue weighted by molar-refractivity contribution is 7.90. The summed E-state index contributed by atoms with van der Waals surface area (Å²) in [4.78, 5) is 12.0. The second-order valence-electron chi connectivity index (χ2n) is 4.87. The first kappa shape index (κ1) is 16.2. The molecule has 1 aliphatic rings. The van der Waals surface area contributed by atoms with Gasteiger partial charge in [-0.2, -0.15) is 0 Å². The largest absolute Gasteiger partial charge is 0.380 e. The Kier molecular flexibility index (Phi) is 4.85. The van der Waals surface area contributed by atoms with Crippen molar-refractivity contribution >= 4 is 27.5 Å². The van der Waals surface area contributed by atoms with Gasteiger partial charge in [0, 0.05) is 6.61 Å². The number of rotatable bonds is 3. The number of carbonyl (C=O) groups is 1. The van der Waals surface area contributed by atoms with Crippen molar-refractivity contribution < 1.29 is 22.3 Å². The number of hydrogen-bond acceptors (Lipinski definition) is 4. The zero-order valence-corrected chi connectivity index (χ0v) is 12.9. The van der Waals surface area contributed by atoms with Crippen LogP contribution in [0.15, 0.2) is 12.1 Å². The van der Waals surface area contributed by atoms with Crippen LogP contribution in [0.4, 0.5) is 4.39 Å². The maximum absolute atomic E-state index is 13.9. The van der Waals surface area contributed by atoms with Gasteiger partial charge >= 0.3 is 0 Å². The van der Waals surface area contributed by atoms with E-state index < -0.39 is 32.6 Å². The summed E-state index contributed by atoms with van der Waals surface area (Å²) in [5, 5.41) is -1.000. The lowest BCUT2D eigenvalue weighted by Crippen LogP contribution is -2.42. The quantitative estimate of drug-likeness (QED) is 0.917. The summed E-state index contributed by atoms with van der Waals surface area (Å²) in [7, 11) is -3.90. The van der Waals surface area contributed by atoms with Gasteiger partial charge in [0.1, 0.15) is 5.25 Å². The molecule has 1 aromatic carbocycles. The van der Waals surface area contributed by atoms with Gasteiger partial charge in [0.25, 0.3) is 5.91 Å². The van der Waals surface area contributed by atoms with E-state index in [1.54, 1.807) is 6.92 Å². The number of hydrogen-bond donors (Lipinski definition) is 1. The highest BCUT2D eigenvalue weighted by Gasteiger charge is 2.30. The Bertz CT molecular complexity index is 656. The first-order valence-electron chi connectivity index (χ1n) is 6.41. The summed E-state index contributed by atoms with van der Waals surface area (Å²) in [6, 6.07) is 2.66. The molecule has 0 saturated carbocycles. The highest BCUT2D eigenvalue weighted by Crippen LogP contribution is 2.23. The molecule has 1 aliphatic heterocycles. The number of nitrogens with one attached hydrogen (secondary N) is 1. The van der Waals surface area contributed by atoms with Gasteiger partial charge in [0.15, 0.2) is 5.82 Å². The maximum atomic E-state index is 13.9. The van der Waals surface area contributed by atoms with Crippen LogP contribution < -0.4 is 4.72 Å². The van der Waals surface area contributed by atoms with E-state index in [0.717, 1.165) is 0 Å². The average molecular weight is 336 g/mol. The van der Waals surface area contributed by atoms with E-state index in [9.17, 15) is 17.6 Å². The van der Waals surface area contributed by atoms with E-state index >= 15 is 0 Å². The molecule has 0 bridgehead atoms. The third kappa shape index (κ3) is 3.53. The zero-order chi connectivity index (χ0) is 15.6. The van der Waals surface area contributed by atoms with Crippen molar-refractivity contribution in [3.8, 4) is 0 Å². The van der Waals surface area contributed by atoms with E-state index in [-0.39, 0.29) is 11.6 Å². The van der Waals surface area contributed by atoms with E-state index in [2.05, 4.69) is 0 Å². The van der Waals surface area contributed by atoms with Crippen LogP contribution in [0, 0.1) is 12.7 Å². The number of halogens is 2. The lowest BCUT2D eigenvalue weighted by molar-refractivity contribution is 0.0951. The van der Waals surface area contributed by atoms with Gasteiger partial charge in [-0.1, -0.05) is 17.7 Å². The Labute approximate surface area is 127 Å². The number of carbonyl (C=O) groups excluding carboxylic acids is 1. The molecular weight excluding hydrogens is 321 g/mol. The van der Waals surface area contributed by atoms with Gasteiger partial charge in [-0.3, -0.25) is 4.79 Å². The fraction of sp³-hybridized carbons (Fsp3) is 0.462. The van der Waals surface area contributed by atoms with Gasteiger partial charge in [-0.05, 0) is 31.4 Å². The maximum Gasteiger partial charge on any atom is 0.267 e. The predicted octanol–water partition coefficient (Wildman–Crippen LogP) is 2.03. The van der Waals surface area contributed by atoms with Gasteiger partial charge in [0.05, 0.1) is 17.2 Å². The minimum absolute atomic E-state index is 0.0275. The van der Waals surface area contributed by atoms with Crippen molar-refractivity contribution in [1.82, 2.24) is 4.72 Å². The van der Waals surface area contributed by atoms with Crippen molar-refractivity contribution in [3.63, 3.8) is 0 Å². The van der Waals surface area contributed by atoms with Crippen LogP contribution in [0.1, 0.15) is 28.8 Å². The number of benzene rings is 1. The first-order valence-corrected chi connectivity index (χ1v) is 8.33. The van der Waals surface area contributed by atoms with Crippen LogP contribution >= 0.6 is 11.6 Å². The van der Waals surface area contributed by atoms with E-state index in [4.69, 9.17) is 16.3 Å². The lowest BCUT2D eigenvalue weighted by Gasteiger charge is -2.22. The minimum Gasteiger partial charge on any atom is -0.380 e. The fourth-order valence-corrected chi connectivity index (χ4v) is 3.50. The van der Waals surface area contributed by atoms with Crippen LogP contribution in [0.3, 0.4) is 0 Å². The molecule has 0 aliphatic carbocycles. The molecule has 1 heterocycles. The molecule has 2 rings (SSSR count). The average Bonchev–Trinajstić information content (AvgIpc) is 2.45. The third-order valence-electron chi connectivity index (χ3n) is 3.31. The molecule has 0 radical (unpaired) electrons. The van der Waals surface area contributed by atoms with E-state index in [1.807, 2.05) is 4.72 Å². The molecule has 1 amide bonds. The number of sulfonamides is 1. The number of amides is 1. The van der Waals surface area contributed by atoms with Crippen molar-refractivity contribution in [3.05, 3.63) is 34.1 Å². The van der Waals surface area contributed by atoms with Crippen LogP contribution in [0.5, 0.6) is 0 Å². The molecule has 1 aromatic rings. The molecule has 21 heavy (non-hydrogen) atoms. The fourth-order valence-electron chi connectivity index (χ4n) is 2.04. The van der Waals surface area contributed by atoms with Gasteiger partial charge < -0.3 is 4.74 Å². The summed E-state index contributed by atoms with van der Waals surface area (Å²) < 4.78 is 45.0. The van der Waals surface area contributed by atoms with Crippen molar-refractivity contribution in [1.29, 1.82) is 0 Å². The Hall–Kier alpha value is -1.18. The standard InChI is InChI=1S/C13H15ClFNO4S/c1-8-4-5-10(12(15)11(8)14)13(17)16-21(18,19)9-3-2-6-20-7-9/h4-5,9H,2-3,6-7H2,1H3,(H,16,17). The molecule has 8 heteroatoms. The summed E-state index contributed by atoms with van der Waals surface area (Å²) >= 11 is 5.72. The Balaban J connectivity index is 2.19. The molecule has 1 unspecified atom stereocenters. The molecule has 1 saturated heterocycles. The van der Waals surface area contributed by atoms with Crippen LogP contribution in [-0.2, 0) is 14.8 Å². The monoisotopic (exact) mass is 335 g/mol. The Morgan fingerprint density at radius 1 is 1.48 bits per heavy atom. The first-order chi connectivity index (χ1) is 9.83. The normalized spacial score (nSPS) is 19.3. The Morgan fingerprint density at radius 2 is 2.19 bits per heavy atom. The van der Waals surface area contributed by atoms with Crippen molar-refractivity contribution in [2.75, 3.05) is 13.2 Å². The van der Waals surface area contributed by atoms with Crippen LogP contribution in [-0.4, -0.2) is 32.8 Å². The SMILES string of the molecule is Cc1ccc(C(=O)NS(=O)(=O)C2CCCOC2)c(F)c1Cl. The lowest BCUT2D eigenvalue weighted by atomic mass is 10.1. The minimum atomic E-state index is -3.90. The summed E-state index contributed by atoms with van der Waals surface area (Å²) in [5.74, 6) is -1.95. The second kappa shape index (κ2) is 6.29. The van der Waals surface area contributed by atoms with Crippen LogP contribution in [0.2, 0.25) is 5.02 Å². The zero-order valence-electron chi connectivity index (χ0n) is 11.4. The molecule has 1 fully saturated rings. The molecule has 5 nitrogen and oxygen atoms in total. The van der Waals surface area contributed by atoms with Crippen molar-refractivity contribution in [2.45, 2.75) is 25.0 Å². The molecular formula is C13H15ClFNO4S. The summed E-state index contributed by atoms with van der Waals surface area (Å²) in [6.45, 7) is 2.12. The molecule has 0 aromatic heterocycles. The smallest absolute Gasteiger partial charge is 0.267 e. The van der Waals surface area contributed by atoms with E-state index in [1.165, 1.54) is 12.1 Å². The summed E-state index contributed by atoms with van der Waals surface area (Å²) in [5.41, 5.74) is 0.0696. The van der Waals surface area contributed by atoms with Gasteiger partial charge in [0.2, 0.25) is 10.0 Å². The van der Waals surface area contributed by atoms with E-state index in [0.29, 0.717) is 25.0 Å². The number of ether oxygens (including phenoxy) is 1. The Morgan fingerprint density at radius 3 is 2.81 bits per heavy atom. The summed E-state index contributed by atoms with van der Waals surface area (Å²) in [6.07, 6.45) is 1.00. The molecule has 0 spiro atoms. The molecule has 1 atom stereocenters. The van der Waals surface area contributed by atoms with Gasteiger partial charge in [-0.15, -0.1) is 0 Å². The predicted molar refractivity (Wildman–Crippen MR) is 76.4 cm³/mol. The topological polar surface area (TPSA) is 72.5 Å². The van der Waals surface area contributed by atoms with Gasteiger partial charge in [-0.25, -0.2) is 17.5 Å². The second-order valence-corrected chi connectivity index (χ2v) is 7.21. The third-order valence-corrected chi connectivity index (χ3v) is 5.50. The number of aryl methyl sites for hydroxylation is 1.